The van der Waals surface area contributed by atoms with Gasteiger partial charge >= 0.3 is 5.97 Å². The van der Waals surface area contributed by atoms with Gasteiger partial charge in [0.15, 0.2) is 0 Å². The number of carboxylic acids is 1. The molecule has 0 aromatic rings. The number of aliphatic hydroxyl groups is 1. The van der Waals surface area contributed by atoms with E-state index in [1.807, 2.05) is 13.8 Å². The Morgan fingerprint density at radius 3 is 1.80 bits per heavy atom. The van der Waals surface area contributed by atoms with Gasteiger partial charge in [-0.05, 0) is 37.5 Å². The number of carboxylic acid groups (broad SMARTS) is 1. The monoisotopic (exact) mass is 658 g/mol. The molecule has 0 bridgehead atoms. The molecule has 0 saturated heterocycles. The lowest BCUT2D eigenvalue weighted by atomic mass is 9.95. The number of nitrogens with two attached hydrogens (primary N) is 1. The Balaban J connectivity index is 0. The zero-order valence-corrected chi connectivity index (χ0v) is 27.6. The van der Waals surface area contributed by atoms with Gasteiger partial charge in [0.05, 0.1) is 25.0 Å². The number of carbonyl (C=O) groups excluding carboxylic acids is 6. The van der Waals surface area contributed by atoms with E-state index in [9.17, 15) is 38.7 Å². The van der Waals surface area contributed by atoms with Gasteiger partial charge in [0.25, 0.3) is 0 Å². The molecule has 15 heteroatoms. The zero-order valence-electron chi connectivity index (χ0n) is 27.6. The lowest BCUT2D eigenvalue weighted by Crippen LogP contribution is -2.58. The number of likely N-dealkylation sites (N-methyl/N-ethyl adjacent to an activating group) is 1. The van der Waals surface area contributed by atoms with Crippen LogP contribution >= 0.6 is 0 Å². The van der Waals surface area contributed by atoms with Crippen molar-refractivity contribution >= 4 is 41.4 Å². The molecule has 0 saturated carbocycles. The number of hydrogen-bond acceptors (Lipinski definition) is 8. The van der Waals surface area contributed by atoms with Crippen LogP contribution in [0.2, 0.25) is 0 Å². The van der Waals surface area contributed by atoms with E-state index in [2.05, 4.69) is 26.6 Å². The van der Waals surface area contributed by atoms with Crippen molar-refractivity contribution in [3.8, 4) is 0 Å². The van der Waals surface area contributed by atoms with Crippen LogP contribution in [0.25, 0.3) is 0 Å². The molecule has 0 rings (SSSR count). The first-order chi connectivity index (χ1) is 20.9. The average molecular weight is 659 g/mol. The third-order valence-corrected chi connectivity index (χ3v) is 7.17. The molecule has 0 fully saturated rings. The summed E-state index contributed by atoms with van der Waals surface area (Å²) in [6, 6.07) is -4.33. The lowest BCUT2D eigenvalue weighted by molar-refractivity contribution is -0.137. The third kappa shape index (κ3) is 17.7. The van der Waals surface area contributed by atoms with E-state index in [-0.39, 0.29) is 56.8 Å². The second-order valence-corrected chi connectivity index (χ2v) is 12.1. The Hall–Kier alpha value is -3.75. The van der Waals surface area contributed by atoms with Gasteiger partial charge in [-0.25, -0.2) is 0 Å². The van der Waals surface area contributed by atoms with Crippen LogP contribution in [0.4, 0.5) is 0 Å². The SMILES string of the molecule is C.CCNC(=O)[C@@H](NC(=O)C[C@H](O)[C@H](CC(C)C)NC(=O)[C@H](CC(N)=O)NC(=O)[C@@H](NC(=O)CCCC(=O)O)[C@@H](C)CC)C(C)C. The van der Waals surface area contributed by atoms with Crippen molar-refractivity contribution < 1.29 is 43.8 Å². The number of hydrogen-bond donors (Lipinski definition) is 8. The Morgan fingerprint density at radius 2 is 1.33 bits per heavy atom. The molecule has 0 aromatic heterocycles. The van der Waals surface area contributed by atoms with Crippen molar-refractivity contribution in [2.75, 3.05) is 6.54 Å². The Bertz CT molecular complexity index is 1020. The third-order valence-electron chi connectivity index (χ3n) is 7.17. The van der Waals surface area contributed by atoms with Gasteiger partial charge in [-0.2, -0.15) is 0 Å². The van der Waals surface area contributed by atoms with Crippen molar-refractivity contribution in [1.82, 2.24) is 26.6 Å². The summed E-state index contributed by atoms with van der Waals surface area (Å²) in [5.74, 6) is -5.68. The molecule has 0 unspecified atom stereocenters. The van der Waals surface area contributed by atoms with Crippen LogP contribution in [0, 0.1) is 17.8 Å². The first-order valence-electron chi connectivity index (χ1n) is 15.6. The zero-order chi connectivity index (χ0) is 34.9. The summed E-state index contributed by atoms with van der Waals surface area (Å²) in [5, 5.41) is 32.7. The highest BCUT2D eigenvalue weighted by molar-refractivity contribution is 5.94. The topological polar surface area (TPSA) is 246 Å². The molecule has 0 spiro atoms. The maximum Gasteiger partial charge on any atom is 0.303 e. The predicted octanol–water partition coefficient (Wildman–Crippen LogP) is 0.327. The quantitative estimate of drug-likeness (QED) is 0.0797. The van der Waals surface area contributed by atoms with Gasteiger partial charge in [-0.1, -0.05) is 55.4 Å². The summed E-state index contributed by atoms with van der Waals surface area (Å²) < 4.78 is 0. The number of aliphatic hydroxyl groups excluding tert-OH is 1. The highest BCUT2D eigenvalue weighted by atomic mass is 16.4. The van der Waals surface area contributed by atoms with Gasteiger partial charge in [0.2, 0.25) is 35.4 Å². The number of aliphatic carboxylic acids is 1. The highest BCUT2D eigenvalue weighted by Crippen LogP contribution is 2.14. The summed E-state index contributed by atoms with van der Waals surface area (Å²) in [4.78, 5) is 86.8. The highest BCUT2D eigenvalue weighted by Gasteiger charge is 2.33. The van der Waals surface area contributed by atoms with Crippen molar-refractivity contribution in [2.45, 2.75) is 131 Å². The fourth-order valence-corrected chi connectivity index (χ4v) is 4.51. The smallest absolute Gasteiger partial charge is 0.303 e. The van der Waals surface area contributed by atoms with Crippen LogP contribution in [0.1, 0.15) is 101 Å². The molecular formula is C31H58N6O9. The molecule has 46 heavy (non-hydrogen) atoms. The largest absolute Gasteiger partial charge is 0.481 e. The van der Waals surface area contributed by atoms with Crippen molar-refractivity contribution in [2.24, 2.45) is 23.5 Å². The molecule has 0 heterocycles. The number of nitrogens with one attached hydrogen (secondary N) is 5. The van der Waals surface area contributed by atoms with Crippen molar-refractivity contribution in [1.29, 1.82) is 0 Å². The van der Waals surface area contributed by atoms with Crippen LogP contribution < -0.4 is 32.3 Å². The van der Waals surface area contributed by atoms with Gasteiger partial charge in [-0.15, -0.1) is 0 Å². The minimum atomic E-state index is -1.45. The Kier molecular flexibility index (Phi) is 21.9. The van der Waals surface area contributed by atoms with E-state index in [1.165, 1.54) is 0 Å². The number of carbonyl (C=O) groups is 7. The predicted molar refractivity (Wildman–Crippen MR) is 173 cm³/mol. The summed E-state index contributed by atoms with van der Waals surface area (Å²) in [5.41, 5.74) is 5.36. The molecule has 0 radical (unpaired) electrons. The molecule has 266 valence electrons. The molecule has 0 aliphatic heterocycles. The van der Waals surface area contributed by atoms with Crippen LogP contribution in [-0.4, -0.2) is 88.4 Å². The van der Waals surface area contributed by atoms with E-state index in [1.54, 1.807) is 34.6 Å². The van der Waals surface area contributed by atoms with Gasteiger partial charge < -0.3 is 42.5 Å². The number of rotatable bonds is 22. The van der Waals surface area contributed by atoms with Crippen LogP contribution in [0.3, 0.4) is 0 Å². The lowest BCUT2D eigenvalue weighted by Gasteiger charge is -2.30. The Morgan fingerprint density at radius 1 is 0.739 bits per heavy atom. The fraction of sp³-hybridized carbons (Fsp3) is 0.774. The molecule has 0 aliphatic rings. The molecular weight excluding hydrogens is 600 g/mol. The van der Waals surface area contributed by atoms with Crippen LogP contribution in [0.15, 0.2) is 0 Å². The molecule has 9 N–H and O–H groups in total. The fourth-order valence-electron chi connectivity index (χ4n) is 4.51. The van der Waals surface area contributed by atoms with Crippen LogP contribution in [-0.2, 0) is 33.6 Å². The molecule has 0 aliphatic carbocycles. The minimum absolute atomic E-state index is 0. The maximum absolute atomic E-state index is 13.4. The van der Waals surface area contributed by atoms with Crippen molar-refractivity contribution in [3.63, 3.8) is 0 Å². The van der Waals surface area contributed by atoms with E-state index < -0.39 is 78.6 Å². The minimum Gasteiger partial charge on any atom is -0.481 e. The average Bonchev–Trinajstić information content (AvgIpc) is 2.92. The first-order valence-corrected chi connectivity index (χ1v) is 15.6. The van der Waals surface area contributed by atoms with Gasteiger partial charge in [-0.3, -0.25) is 33.6 Å². The van der Waals surface area contributed by atoms with Crippen LogP contribution in [0.5, 0.6) is 0 Å². The standard InChI is InChI=1S/C30H54N6O9.CH4/c1-8-18(7)27(35-23(39)11-10-12-25(41)42)30(45)34-20(14-22(31)38)28(43)33-19(13-16(3)4)21(37)15-24(40)36-26(17(5)6)29(44)32-9-2;/h16-21,26-27,37H,8-15H2,1-7H3,(H2,31,38)(H,32,44)(H,33,43)(H,34,45)(H,35,39)(H,36,40)(H,41,42);1H4/t18-,19-,20-,21-,26-,27-;/m0./s1. The van der Waals surface area contributed by atoms with Gasteiger partial charge in [0.1, 0.15) is 18.1 Å². The summed E-state index contributed by atoms with van der Waals surface area (Å²) >= 11 is 0. The number of primary amides is 1. The molecule has 6 amide bonds. The first kappa shape index (κ1) is 44.4. The van der Waals surface area contributed by atoms with E-state index >= 15 is 0 Å². The second-order valence-electron chi connectivity index (χ2n) is 12.1. The maximum atomic E-state index is 13.4. The second kappa shape index (κ2) is 22.7. The molecule has 6 atom stereocenters. The molecule has 15 nitrogen and oxygen atoms in total. The van der Waals surface area contributed by atoms with E-state index in [4.69, 9.17) is 10.8 Å². The summed E-state index contributed by atoms with van der Waals surface area (Å²) in [6.07, 6.45) is -1.94. The summed E-state index contributed by atoms with van der Waals surface area (Å²) in [7, 11) is 0. The van der Waals surface area contributed by atoms with Gasteiger partial charge in [0, 0.05) is 19.4 Å². The normalized spacial score (nSPS) is 14.8. The summed E-state index contributed by atoms with van der Waals surface area (Å²) in [6.45, 7) is 12.8. The van der Waals surface area contributed by atoms with Crippen molar-refractivity contribution in [3.05, 3.63) is 0 Å². The Labute approximate surface area is 273 Å². The van der Waals surface area contributed by atoms with E-state index in [0.717, 1.165) is 0 Å². The molecule has 0 aromatic carbocycles. The van der Waals surface area contributed by atoms with E-state index in [0.29, 0.717) is 13.0 Å². The number of amides is 6.